The molecule has 0 saturated carbocycles. The van der Waals surface area contributed by atoms with Gasteiger partial charge in [-0.2, -0.15) is 0 Å². The van der Waals surface area contributed by atoms with Gasteiger partial charge in [0.15, 0.2) is 0 Å². The SMILES string of the molecule is COc1ccc(-c2nc(C(=O)c3ccccn3)c3ccccn23)cc1. The van der Waals surface area contributed by atoms with Crippen LogP contribution in [-0.2, 0) is 0 Å². The van der Waals surface area contributed by atoms with E-state index in [1.807, 2.05) is 53.1 Å². The number of carbonyl (C=O) groups excluding carboxylic acids is 1. The molecule has 122 valence electrons. The first kappa shape index (κ1) is 15.1. The van der Waals surface area contributed by atoms with Crippen molar-refractivity contribution in [3.63, 3.8) is 0 Å². The number of ketones is 1. The fourth-order valence-electron chi connectivity index (χ4n) is 2.77. The maximum Gasteiger partial charge on any atom is 0.231 e. The molecule has 1 aromatic carbocycles. The second-order valence-corrected chi connectivity index (χ2v) is 5.51. The van der Waals surface area contributed by atoms with Gasteiger partial charge in [0.05, 0.1) is 12.6 Å². The maximum atomic E-state index is 12.8. The van der Waals surface area contributed by atoms with E-state index >= 15 is 0 Å². The van der Waals surface area contributed by atoms with Gasteiger partial charge in [-0.15, -0.1) is 0 Å². The molecule has 0 atom stereocenters. The number of hydrogen-bond donors (Lipinski definition) is 0. The quantitative estimate of drug-likeness (QED) is 0.536. The van der Waals surface area contributed by atoms with E-state index in [1.54, 1.807) is 31.5 Å². The van der Waals surface area contributed by atoms with Gasteiger partial charge in [0.1, 0.15) is 23.0 Å². The van der Waals surface area contributed by atoms with Crippen LogP contribution in [0.4, 0.5) is 0 Å². The van der Waals surface area contributed by atoms with E-state index in [4.69, 9.17) is 4.74 Å². The Morgan fingerprint density at radius 1 is 1.00 bits per heavy atom. The average Bonchev–Trinajstić information content (AvgIpc) is 3.08. The van der Waals surface area contributed by atoms with Crippen molar-refractivity contribution < 1.29 is 9.53 Å². The van der Waals surface area contributed by atoms with Crippen LogP contribution in [0.15, 0.2) is 73.1 Å². The van der Waals surface area contributed by atoms with Gasteiger partial charge in [-0.1, -0.05) is 12.1 Å². The summed E-state index contributed by atoms with van der Waals surface area (Å²) >= 11 is 0. The van der Waals surface area contributed by atoms with Crippen molar-refractivity contribution in [1.29, 1.82) is 0 Å². The molecular weight excluding hydrogens is 314 g/mol. The summed E-state index contributed by atoms with van der Waals surface area (Å²) in [5, 5.41) is 0. The average molecular weight is 329 g/mol. The largest absolute Gasteiger partial charge is 0.497 e. The third kappa shape index (κ3) is 2.65. The molecule has 0 N–H and O–H groups in total. The van der Waals surface area contributed by atoms with Crippen molar-refractivity contribution in [2.75, 3.05) is 7.11 Å². The summed E-state index contributed by atoms with van der Waals surface area (Å²) in [4.78, 5) is 21.6. The number of ether oxygens (including phenoxy) is 1. The number of benzene rings is 1. The van der Waals surface area contributed by atoms with Gasteiger partial charge in [-0.25, -0.2) is 4.98 Å². The minimum Gasteiger partial charge on any atom is -0.497 e. The topological polar surface area (TPSA) is 56.5 Å². The van der Waals surface area contributed by atoms with Crippen LogP contribution in [0.3, 0.4) is 0 Å². The summed E-state index contributed by atoms with van der Waals surface area (Å²) in [6.07, 6.45) is 3.51. The van der Waals surface area contributed by atoms with Crippen LogP contribution in [0.1, 0.15) is 16.2 Å². The number of imidazole rings is 1. The lowest BCUT2D eigenvalue weighted by atomic mass is 10.2. The molecule has 0 amide bonds. The van der Waals surface area contributed by atoms with Crippen LogP contribution in [0.5, 0.6) is 5.75 Å². The first-order valence-electron chi connectivity index (χ1n) is 7.85. The number of pyridine rings is 2. The normalized spacial score (nSPS) is 10.8. The molecule has 0 fully saturated rings. The Balaban J connectivity index is 1.88. The number of aromatic nitrogens is 3. The standard InChI is InChI=1S/C20H15N3O2/c1-25-15-10-8-14(9-11-15)20-22-18(17-7-3-5-13-23(17)20)19(24)16-6-2-4-12-21-16/h2-13H,1H3. The van der Waals surface area contributed by atoms with Crippen molar-refractivity contribution in [2.24, 2.45) is 0 Å². The summed E-state index contributed by atoms with van der Waals surface area (Å²) in [6, 6.07) is 18.6. The Morgan fingerprint density at radius 2 is 1.80 bits per heavy atom. The van der Waals surface area contributed by atoms with Crippen LogP contribution in [-0.4, -0.2) is 27.3 Å². The lowest BCUT2D eigenvalue weighted by Crippen LogP contribution is -2.04. The number of nitrogens with zero attached hydrogens (tertiary/aromatic N) is 3. The molecule has 0 spiro atoms. The Kier molecular flexibility index (Phi) is 3.74. The van der Waals surface area contributed by atoms with Crippen molar-refractivity contribution in [1.82, 2.24) is 14.4 Å². The third-order valence-corrected chi connectivity index (χ3v) is 4.01. The van der Waals surface area contributed by atoms with Crippen LogP contribution in [0.25, 0.3) is 16.9 Å². The lowest BCUT2D eigenvalue weighted by Gasteiger charge is -2.03. The van der Waals surface area contributed by atoms with Crippen LogP contribution in [0.2, 0.25) is 0 Å². The third-order valence-electron chi connectivity index (χ3n) is 4.01. The van der Waals surface area contributed by atoms with Gasteiger partial charge in [-0.05, 0) is 48.5 Å². The molecule has 0 aliphatic rings. The van der Waals surface area contributed by atoms with Crippen LogP contribution >= 0.6 is 0 Å². The van der Waals surface area contributed by atoms with E-state index in [9.17, 15) is 4.79 Å². The summed E-state index contributed by atoms with van der Waals surface area (Å²) in [5.74, 6) is 1.29. The minimum absolute atomic E-state index is 0.191. The molecule has 0 bridgehead atoms. The molecule has 0 saturated heterocycles. The lowest BCUT2D eigenvalue weighted by molar-refractivity contribution is 0.103. The van der Waals surface area contributed by atoms with E-state index < -0.39 is 0 Å². The highest BCUT2D eigenvalue weighted by molar-refractivity contribution is 6.11. The number of carbonyl (C=O) groups is 1. The molecule has 4 aromatic rings. The van der Waals surface area contributed by atoms with E-state index in [1.165, 1.54) is 0 Å². The number of rotatable bonds is 4. The van der Waals surface area contributed by atoms with Crippen molar-refractivity contribution in [3.05, 3.63) is 84.4 Å². The molecule has 0 aliphatic carbocycles. The second kappa shape index (κ2) is 6.20. The summed E-state index contributed by atoms with van der Waals surface area (Å²) in [7, 11) is 1.63. The van der Waals surface area contributed by atoms with Crippen LogP contribution < -0.4 is 4.74 Å². The van der Waals surface area contributed by atoms with Gasteiger partial charge in [0.2, 0.25) is 5.78 Å². The molecule has 3 aromatic heterocycles. The zero-order chi connectivity index (χ0) is 17.2. The molecule has 3 heterocycles. The zero-order valence-electron chi connectivity index (χ0n) is 13.6. The van der Waals surface area contributed by atoms with Crippen molar-refractivity contribution in [2.45, 2.75) is 0 Å². The smallest absolute Gasteiger partial charge is 0.231 e. The Morgan fingerprint density at radius 3 is 2.52 bits per heavy atom. The molecule has 5 nitrogen and oxygen atoms in total. The Labute approximate surface area is 144 Å². The van der Waals surface area contributed by atoms with E-state index in [-0.39, 0.29) is 5.78 Å². The predicted octanol–water partition coefficient (Wildman–Crippen LogP) is 3.64. The van der Waals surface area contributed by atoms with Crippen molar-refractivity contribution in [3.8, 4) is 17.1 Å². The van der Waals surface area contributed by atoms with Gasteiger partial charge < -0.3 is 4.74 Å². The molecule has 5 heteroatoms. The Hall–Kier alpha value is -3.47. The highest BCUT2D eigenvalue weighted by Crippen LogP contribution is 2.25. The number of methoxy groups -OCH3 is 1. The first-order chi connectivity index (χ1) is 12.3. The van der Waals surface area contributed by atoms with Crippen LogP contribution in [0, 0.1) is 0 Å². The summed E-state index contributed by atoms with van der Waals surface area (Å²) < 4.78 is 7.12. The molecule has 0 aliphatic heterocycles. The molecule has 0 unspecified atom stereocenters. The summed E-state index contributed by atoms with van der Waals surface area (Å²) in [5.41, 5.74) is 2.43. The van der Waals surface area contributed by atoms with E-state index in [0.717, 1.165) is 16.8 Å². The van der Waals surface area contributed by atoms with Gasteiger partial charge in [0.25, 0.3) is 0 Å². The number of hydrogen-bond acceptors (Lipinski definition) is 4. The zero-order valence-corrected chi connectivity index (χ0v) is 13.6. The van der Waals surface area contributed by atoms with Gasteiger partial charge in [-0.3, -0.25) is 14.2 Å². The van der Waals surface area contributed by atoms with E-state index in [0.29, 0.717) is 17.2 Å². The maximum absolute atomic E-state index is 12.8. The van der Waals surface area contributed by atoms with Crippen molar-refractivity contribution >= 4 is 11.3 Å². The molecule has 25 heavy (non-hydrogen) atoms. The molecular formula is C20H15N3O2. The highest BCUT2D eigenvalue weighted by atomic mass is 16.5. The molecule has 0 radical (unpaired) electrons. The first-order valence-corrected chi connectivity index (χ1v) is 7.85. The Bertz CT molecular complexity index is 1040. The fourth-order valence-corrected chi connectivity index (χ4v) is 2.77. The molecule has 4 rings (SSSR count). The summed E-state index contributed by atoms with van der Waals surface area (Å²) in [6.45, 7) is 0. The highest BCUT2D eigenvalue weighted by Gasteiger charge is 2.20. The number of fused-ring (bicyclic) bond motifs is 1. The second-order valence-electron chi connectivity index (χ2n) is 5.51. The predicted molar refractivity (Wildman–Crippen MR) is 94.8 cm³/mol. The minimum atomic E-state index is -0.191. The monoisotopic (exact) mass is 329 g/mol. The van der Waals surface area contributed by atoms with Gasteiger partial charge >= 0.3 is 0 Å². The fraction of sp³-hybridized carbons (Fsp3) is 0.0500. The van der Waals surface area contributed by atoms with E-state index in [2.05, 4.69) is 9.97 Å². The van der Waals surface area contributed by atoms with Gasteiger partial charge in [0, 0.05) is 18.0 Å².